The smallest absolute Gasteiger partial charge is 0.0460 e. The minimum atomic E-state index is -0.0722. The molecule has 4 heteroatoms. The second kappa shape index (κ2) is 6.48. The van der Waals surface area contributed by atoms with Crippen LogP contribution in [0.2, 0.25) is 0 Å². The van der Waals surface area contributed by atoms with Crippen molar-refractivity contribution in [2.24, 2.45) is 5.73 Å². The van der Waals surface area contributed by atoms with Crippen LogP contribution in [0.4, 0.5) is 0 Å². The lowest BCUT2D eigenvalue weighted by molar-refractivity contribution is 0.0606. The molecule has 4 nitrogen and oxygen atoms in total. The van der Waals surface area contributed by atoms with Gasteiger partial charge < -0.3 is 10.6 Å². The van der Waals surface area contributed by atoms with Gasteiger partial charge in [-0.2, -0.15) is 0 Å². The van der Waals surface area contributed by atoms with Gasteiger partial charge in [0.05, 0.1) is 0 Å². The molecule has 1 aliphatic heterocycles. The minimum absolute atomic E-state index is 0.0722. The summed E-state index contributed by atoms with van der Waals surface area (Å²) in [5.41, 5.74) is 10.9. The van der Waals surface area contributed by atoms with Crippen LogP contribution in [-0.4, -0.2) is 55.2 Å². The molecule has 0 radical (unpaired) electrons. The number of piperazine rings is 1. The average Bonchev–Trinajstić information content (AvgIpc) is 2.42. The molecule has 1 aromatic rings. The average molecular weight is 262 g/mol. The first-order valence-corrected chi connectivity index (χ1v) is 7.07. The molecule has 0 aliphatic carbocycles. The van der Waals surface area contributed by atoms with Crippen LogP contribution >= 0.6 is 0 Å². The van der Waals surface area contributed by atoms with Crippen LogP contribution in [0.3, 0.4) is 0 Å². The summed E-state index contributed by atoms with van der Waals surface area (Å²) in [6, 6.07) is 10.6. The van der Waals surface area contributed by atoms with E-state index in [9.17, 15) is 0 Å². The van der Waals surface area contributed by atoms with Crippen LogP contribution < -0.4 is 11.2 Å². The zero-order valence-electron chi connectivity index (χ0n) is 12.1. The van der Waals surface area contributed by atoms with Crippen LogP contribution in [0.15, 0.2) is 30.3 Å². The molecule has 1 saturated heterocycles. The third-order valence-electron chi connectivity index (χ3n) is 3.82. The Labute approximate surface area is 116 Å². The molecular formula is C15H26N4. The zero-order chi connectivity index (χ0) is 13.7. The van der Waals surface area contributed by atoms with Crippen molar-refractivity contribution in [3.63, 3.8) is 0 Å². The van der Waals surface area contributed by atoms with Crippen molar-refractivity contribution in [2.75, 3.05) is 39.8 Å². The standard InChI is InChI=1S/C15H26N4/c1-15(13-16,12-14-6-4-3-5-7-14)17-19-10-8-18(2)9-11-19/h3-7,17H,8-13,16H2,1-2H3. The minimum Gasteiger partial charge on any atom is -0.329 e. The van der Waals surface area contributed by atoms with Gasteiger partial charge >= 0.3 is 0 Å². The first kappa shape index (κ1) is 14.5. The molecule has 1 fully saturated rings. The van der Waals surface area contributed by atoms with Crippen molar-refractivity contribution in [2.45, 2.75) is 18.9 Å². The predicted octanol–water partition coefficient (Wildman–Crippen LogP) is 0.699. The Bertz CT molecular complexity index is 373. The highest BCUT2D eigenvalue weighted by molar-refractivity contribution is 5.17. The molecule has 1 unspecified atom stereocenters. The molecule has 0 aromatic heterocycles. The third-order valence-corrected chi connectivity index (χ3v) is 3.82. The Morgan fingerprint density at radius 2 is 1.79 bits per heavy atom. The number of rotatable bonds is 5. The normalized spacial score (nSPS) is 21.2. The highest BCUT2D eigenvalue weighted by Crippen LogP contribution is 2.13. The van der Waals surface area contributed by atoms with Gasteiger partial charge in [-0.3, -0.25) is 0 Å². The number of hydrogen-bond donors (Lipinski definition) is 2. The molecule has 19 heavy (non-hydrogen) atoms. The Morgan fingerprint density at radius 1 is 1.16 bits per heavy atom. The predicted molar refractivity (Wildman–Crippen MR) is 79.8 cm³/mol. The molecule has 1 heterocycles. The molecule has 1 aromatic carbocycles. The van der Waals surface area contributed by atoms with E-state index in [1.54, 1.807) is 0 Å². The topological polar surface area (TPSA) is 44.5 Å². The quantitative estimate of drug-likeness (QED) is 0.820. The van der Waals surface area contributed by atoms with Gasteiger partial charge in [0.25, 0.3) is 0 Å². The Kier molecular flexibility index (Phi) is 4.93. The Hall–Kier alpha value is -0.940. The summed E-state index contributed by atoms with van der Waals surface area (Å²) in [6.07, 6.45) is 0.955. The van der Waals surface area contributed by atoms with Gasteiger partial charge in [-0.1, -0.05) is 30.3 Å². The second-order valence-corrected chi connectivity index (χ2v) is 5.83. The number of likely N-dealkylation sites (N-methyl/N-ethyl adjacent to an activating group) is 1. The van der Waals surface area contributed by atoms with E-state index in [2.05, 4.69) is 59.6 Å². The van der Waals surface area contributed by atoms with Crippen LogP contribution in [0.25, 0.3) is 0 Å². The lowest BCUT2D eigenvalue weighted by Gasteiger charge is -2.40. The molecule has 1 aliphatic rings. The van der Waals surface area contributed by atoms with Crippen molar-refractivity contribution in [3.05, 3.63) is 35.9 Å². The van der Waals surface area contributed by atoms with Crippen molar-refractivity contribution < 1.29 is 0 Å². The summed E-state index contributed by atoms with van der Waals surface area (Å²) in [6.45, 7) is 7.17. The van der Waals surface area contributed by atoms with Crippen LogP contribution in [0.5, 0.6) is 0 Å². The number of nitrogens with one attached hydrogen (secondary N) is 1. The molecule has 2 rings (SSSR count). The van der Waals surface area contributed by atoms with E-state index in [-0.39, 0.29) is 5.54 Å². The first-order chi connectivity index (χ1) is 9.11. The molecule has 0 amide bonds. The summed E-state index contributed by atoms with van der Waals surface area (Å²) in [5.74, 6) is 0. The summed E-state index contributed by atoms with van der Waals surface area (Å²) in [5, 5.41) is 2.32. The van der Waals surface area contributed by atoms with E-state index in [1.165, 1.54) is 5.56 Å². The third kappa shape index (κ3) is 4.28. The summed E-state index contributed by atoms with van der Waals surface area (Å²) >= 11 is 0. The number of hydrazine groups is 1. The summed E-state index contributed by atoms with van der Waals surface area (Å²) in [7, 11) is 2.17. The van der Waals surface area contributed by atoms with Crippen molar-refractivity contribution in [3.8, 4) is 0 Å². The van der Waals surface area contributed by atoms with Gasteiger partial charge in [0, 0.05) is 38.3 Å². The summed E-state index contributed by atoms with van der Waals surface area (Å²) in [4.78, 5) is 2.36. The number of benzene rings is 1. The van der Waals surface area contributed by atoms with E-state index < -0.39 is 0 Å². The fourth-order valence-electron chi connectivity index (χ4n) is 2.50. The largest absolute Gasteiger partial charge is 0.329 e. The van der Waals surface area contributed by atoms with Gasteiger partial charge in [-0.05, 0) is 26.0 Å². The monoisotopic (exact) mass is 262 g/mol. The van der Waals surface area contributed by atoms with Crippen LogP contribution in [0, 0.1) is 0 Å². The second-order valence-electron chi connectivity index (χ2n) is 5.83. The van der Waals surface area contributed by atoms with E-state index in [1.807, 2.05) is 0 Å². The van der Waals surface area contributed by atoms with Gasteiger partial charge in [0.15, 0.2) is 0 Å². The van der Waals surface area contributed by atoms with Crippen molar-refractivity contribution in [1.29, 1.82) is 0 Å². The highest BCUT2D eigenvalue weighted by atomic mass is 15.5. The number of hydrogen-bond acceptors (Lipinski definition) is 4. The van der Waals surface area contributed by atoms with Crippen LogP contribution in [0.1, 0.15) is 12.5 Å². The Morgan fingerprint density at radius 3 is 2.37 bits per heavy atom. The van der Waals surface area contributed by atoms with E-state index in [4.69, 9.17) is 5.73 Å². The van der Waals surface area contributed by atoms with Gasteiger partial charge in [0.1, 0.15) is 0 Å². The number of nitrogens with zero attached hydrogens (tertiary/aromatic N) is 2. The SMILES string of the molecule is CN1CCN(NC(C)(CN)Cc2ccccc2)CC1. The highest BCUT2D eigenvalue weighted by Gasteiger charge is 2.26. The zero-order valence-corrected chi connectivity index (χ0v) is 12.1. The molecule has 0 spiro atoms. The van der Waals surface area contributed by atoms with Crippen molar-refractivity contribution in [1.82, 2.24) is 15.3 Å². The Balaban J connectivity index is 1.94. The molecular weight excluding hydrogens is 236 g/mol. The van der Waals surface area contributed by atoms with Crippen molar-refractivity contribution >= 4 is 0 Å². The van der Waals surface area contributed by atoms with E-state index >= 15 is 0 Å². The first-order valence-electron chi connectivity index (χ1n) is 7.07. The fraction of sp³-hybridized carbons (Fsp3) is 0.600. The molecule has 0 bridgehead atoms. The lowest BCUT2D eigenvalue weighted by atomic mass is 9.93. The lowest BCUT2D eigenvalue weighted by Crippen LogP contribution is -2.61. The van der Waals surface area contributed by atoms with Gasteiger partial charge in [-0.15, -0.1) is 0 Å². The maximum atomic E-state index is 6.00. The molecule has 106 valence electrons. The van der Waals surface area contributed by atoms with E-state index in [0.29, 0.717) is 6.54 Å². The van der Waals surface area contributed by atoms with Crippen LogP contribution in [-0.2, 0) is 6.42 Å². The molecule has 0 saturated carbocycles. The summed E-state index contributed by atoms with van der Waals surface area (Å²) < 4.78 is 0. The molecule has 1 atom stereocenters. The van der Waals surface area contributed by atoms with Gasteiger partial charge in [0.2, 0.25) is 0 Å². The maximum absolute atomic E-state index is 6.00. The van der Waals surface area contributed by atoms with E-state index in [0.717, 1.165) is 32.6 Å². The number of nitrogens with two attached hydrogens (primary N) is 1. The van der Waals surface area contributed by atoms with Gasteiger partial charge in [-0.25, -0.2) is 10.4 Å². The maximum Gasteiger partial charge on any atom is 0.0460 e. The molecule has 3 N–H and O–H groups in total. The fourth-order valence-corrected chi connectivity index (χ4v) is 2.50.